The lowest BCUT2D eigenvalue weighted by Gasteiger charge is -2.36. The van der Waals surface area contributed by atoms with Gasteiger partial charge in [-0.15, -0.1) is 0 Å². The van der Waals surface area contributed by atoms with Crippen LogP contribution in [0.1, 0.15) is 53.9 Å². The third kappa shape index (κ3) is 4.76. The van der Waals surface area contributed by atoms with Crippen LogP contribution in [0.25, 0.3) is 0 Å². The Hall–Kier alpha value is -1.51. The van der Waals surface area contributed by atoms with Crippen LogP contribution in [0, 0.1) is 0 Å². The first-order valence-electron chi connectivity index (χ1n) is 8.08. The Balaban J connectivity index is 2.88. The summed E-state index contributed by atoms with van der Waals surface area (Å²) in [5.74, 6) is 0.857. The highest BCUT2D eigenvalue weighted by atomic mass is 16.5. The fraction of sp³-hybridized carbons (Fsp3) is 0.611. The van der Waals surface area contributed by atoms with Crippen molar-refractivity contribution in [2.24, 2.45) is 0 Å². The Labute approximate surface area is 129 Å². The molecule has 1 rings (SSSR count). The topological polar surface area (TPSA) is 29.5 Å². The molecule has 1 aromatic carbocycles. The Bertz CT molecular complexity index is 408. The number of hydrogen-bond donors (Lipinski definition) is 0. The van der Waals surface area contributed by atoms with E-state index in [1.54, 1.807) is 0 Å². The van der Waals surface area contributed by atoms with Crippen molar-refractivity contribution in [2.45, 2.75) is 72.1 Å². The minimum Gasteiger partial charge on any atom is -0.481 e. The third-order valence-corrected chi connectivity index (χ3v) is 4.05. The molecule has 3 unspecified atom stereocenters. The second-order valence-electron chi connectivity index (χ2n) is 5.59. The number of benzene rings is 1. The van der Waals surface area contributed by atoms with Gasteiger partial charge in [-0.1, -0.05) is 39.0 Å². The summed E-state index contributed by atoms with van der Waals surface area (Å²) in [5.41, 5.74) is 0. The first-order valence-corrected chi connectivity index (χ1v) is 8.08. The average molecular weight is 291 g/mol. The van der Waals surface area contributed by atoms with E-state index < -0.39 is 6.10 Å². The van der Waals surface area contributed by atoms with Gasteiger partial charge in [-0.05, 0) is 45.2 Å². The first kappa shape index (κ1) is 17.5. The summed E-state index contributed by atoms with van der Waals surface area (Å²) in [7, 11) is 0. The van der Waals surface area contributed by atoms with Crippen LogP contribution in [0.4, 0.5) is 0 Å². The molecule has 1 aromatic rings. The molecule has 0 aliphatic carbocycles. The van der Waals surface area contributed by atoms with Gasteiger partial charge in [-0.3, -0.25) is 4.79 Å². The van der Waals surface area contributed by atoms with Crippen molar-refractivity contribution in [1.29, 1.82) is 0 Å². The fourth-order valence-electron chi connectivity index (χ4n) is 2.40. The highest BCUT2D eigenvalue weighted by Crippen LogP contribution is 2.19. The molecule has 0 radical (unpaired) electrons. The highest BCUT2D eigenvalue weighted by molar-refractivity contribution is 5.81. The zero-order chi connectivity index (χ0) is 15.8. The van der Waals surface area contributed by atoms with Crippen molar-refractivity contribution < 1.29 is 9.53 Å². The summed E-state index contributed by atoms with van der Waals surface area (Å²) >= 11 is 0. The molecule has 21 heavy (non-hydrogen) atoms. The number of para-hydroxylation sites is 1. The Morgan fingerprint density at radius 3 is 1.95 bits per heavy atom. The van der Waals surface area contributed by atoms with Crippen LogP contribution >= 0.6 is 0 Å². The SMILES string of the molecule is CCC(Oc1ccccc1)C(=O)N(C(C)CC)C(C)CC. The van der Waals surface area contributed by atoms with Gasteiger partial charge in [0.2, 0.25) is 0 Å². The van der Waals surface area contributed by atoms with Crippen LogP contribution in [0.3, 0.4) is 0 Å². The van der Waals surface area contributed by atoms with Gasteiger partial charge in [0.25, 0.3) is 5.91 Å². The number of hydrogen-bond acceptors (Lipinski definition) is 2. The molecule has 118 valence electrons. The summed E-state index contributed by atoms with van der Waals surface area (Å²) in [6, 6.07) is 10.1. The number of nitrogens with zero attached hydrogens (tertiary/aromatic N) is 1. The lowest BCUT2D eigenvalue weighted by atomic mass is 10.1. The molecule has 0 fully saturated rings. The van der Waals surface area contributed by atoms with Crippen LogP contribution < -0.4 is 4.74 Å². The predicted octanol–water partition coefficient (Wildman–Crippen LogP) is 4.27. The van der Waals surface area contributed by atoms with E-state index in [-0.39, 0.29) is 18.0 Å². The molecule has 3 heteroatoms. The summed E-state index contributed by atoms with van der Waals surface area (Å²) < 4.78 is 5.90. The molecular formula is C18H29NO2. The third-order valence-electron chi connectivity index (χ3n) is 4.05. The Kier molecular flexibility index (Phi) is 7.27. The van der Waals surface area contributed by atoms with Gasteiger partial charge in [0.1, 0.15) is 5.75 Å². The van der Waals surface area contributed by atoms with E-state index in [4.69, 9.17) is 4.74 Å². The standard InChI is InChI=1S/C18H29NO2/c1-6-14(4)19(15(5)7-2)18(20)17(8-3)21-16-12-10-9-11-13-16/h9-15,17H,6-8H2,1-5H3. The van der Waals surface area contributed by atoms with Crippen molar-refractivity contribution >= 4 is 5.91 Å². The highest BCUT2D eigenvalue weighted by Gasteiger charge is 2.30. The fourth-order valence-corrected chi connectivity index (χ4v) is 2.40. The molecular weight excluding hydrogens is 262 g/mol. The summed E-state index contributed by atoms with van der Waals surface area (Å²) in [5, 5.41) is 0. The van der Waals surface area contributed by atoms with Crippen molar-refractivity contribution in [3.05, 3.63) is 30.3 Å². The number of carbonyl (C=O) groups excluding carboxylic acids is 1. The maximum atomic E-state index is 12.9. The largest absolute Gasteiger partial charge is 0.481 e. The van der Waals surface area contributed by atoms with E-state index in [2.05, 4.69) is 27.7 Å². The van der Waals surface area contributed by atoms with Crippen LogP contribution in [-0.4, -0.2) is 29.0 Å². The summed E-state index contributed by atoms with van der Waals surface area (Å²) in [6.45, 7) is 10.5. The number of rotatable bonds is 8. The lowest BCUT2D eigenvalue weighted by molar-refractivity contribution is -0.143. The molecule has 0 aliphatic rings. The second-order valence-corrected chi connectivity index (χ2v) is 5.59. The van der Waals surface area contributed by atoms with Gasteiger partial charge in [-0.2, -0.15) is 0 Å². The maximum absolute atomic E-state index is 12.9. The van der Waals surface area contributed by atoms with Crippen LogP contribution in [-0.2, 0) is 4.79 Å². The van der Waals surface area contributed by atoms with Crippen molar-refractivity contribution in [3.63, 3.8) is 0 Å². The van der Waals surface area contributed by atoms with Crippen molar-refractivity contribution in [2.75, 3.05) is 0 Å². The quantitative estimate of drug-likeness (QED) is 0.716. The average Bonchev–Trinajstić information content (AvgIpc) is 2.53. The smallest absolute Gasteiger partial charge is 0.264 e. The van der Waals surface area contributed by atoms with Gasteiger partial charge in [-0.25, -0.2) is 0 Å². The summed E-state index contributed by atoms with van der Waals surface area (Å²) in [6.07, 6.45) is 2.18. The number of carbonyl (C=O) groups is 1. The van der Waals surface area contributed by atoms with Crippen LogP contribution in [0.15, 0.2) is 30.3 Å². The van der Waals surface area contributed by atoms with E-state index in [0.717, 1.165) is 18.6 Å². The normalized spacial score (nSPS) is 15.1. The van der Waals surface area contributed by atoms with Crippen LogP contribution in [0.5, 0.6) is 5.75 Å². The summed E-state index contributed by atoms with van der Waals surface area (Å²) in [4.78, 5) is 14.9. The van der Waals surface area contributed by atoms with Gasteiger partial charge < -0.3 is 9.64 Å². The minimum absolute atomic E-state index is 0.102. The van der Waals surface area contributed by atoms with E-state index in [0.29, 0.717) is 6.42 Å². The Morgan fingerprint density at radius 1 is 1.00 bits per heavy atom. The molecule has 3 nitrogen and oxygen atoms in total. The zero-order valence-corrected chi connectivity index (χ0v) is 14.0. The van der Waals surface area contributed by atoms with Gasteiger partial charge in [0.15, 0.2) is 6.10 Å². The molecule has 0 aliphatic heterocycles. The Morgan fingerprint density at radius 2 is 1.52 bits per heavy atom. The van der Waals surface area contributed by atoms with Crippen molar-refractivity contribution in [3.8, 4) is 5.75 Å². The van der Waals surface area contributed by atoms with Gasteiger partial charge in [0.05, 0.1) is 0 Å². The molecule has 0 saturated heterocycles. The number of amides is 1. The number of ether oxygens (including phenoxy) is 1. The van der Waals surface area contributed by atoms with Gasteiger partial charge in [0, 0.05) is 12.1 Å². The zero-order valence-electron chi connectivity index (χ0n) is 14.0. The molecule has 0 aromatic heterocycles. The van der Waals surface area contributed by atoms with E-state index in [1.807, 2.05) is 42.2 Å². The first-order chi connectivity index (χ1) is 10.0. The molecule has 0 spiro atoms. The lowest BCUT2D eigenvalue weighted by Crippen LogP contribution is -2.50. The molecule has 0 heterocycles. The monoisotopic (exact) mass is 291 g/mol. The van der Waals surface area contributed by atoms with E-state index in [9.17, 15) is 4.79 Å². The van der Waals surface area contributed by atoms with E-state index >= 15 is 0 Å². The second kappa shape index (κ2) is 8.71. The predicted molar refractivity (Wildman–Crippen MR) is 87.5 cm³/mol. The molecule has 0 saturated carbocycles. The van der Waals surface area contributed by atoms with Crippen molar-refractivity contribution in [1.82, 2.24) is 4.90 Å². The van der Waals surface area contributed by atoms with Gasteiger partial charge >= 0.3 is 0 Å². The molecule has 0 bridgehead atoms. The van der Waals surface area contributed by atoms with E-state index in [1.165, 1.54) is 0 Å². The molecule has 0 N–H and O–H groups in total. The maximum Gasteiger partial charge on any atom is 0.264 e. The van der Waals surface area contributed by atoms with Crippen LogP contribution in [0.2, 0.25) is 0 Å². The molecule has 3 atom stereocenters. The molecule has 1 amide bonds. The minimum atomic E-state index is -0.407.